The summed E-state index contributed by atoms with van der Waals surface area (Å²) in [5.41, 5.74) is 6.75. The van der Waals surface area contributed by atoms with Crippen LogP contribution < -0.4 is 10.5 Å². The molecule has 0 saturated carbocycles. The topological polar surface area (TPSA) is 59.0 Å². The molecule has 0 heterocycles. The summed E-state index contributed by atoms with van der Waals surface area (Å²) in [6, 6.07) is 9.58. The van der Waals surface area contributed by atoms with E-state index in [4.69, 9.17) is 15.7 Å². The summed E-state index contributed by atoms with van der Waals surface area (Å²) in [5.74, 6) is 0.709. The van der Waals surface area contributed by atoms with E-state index >= 15 is 0 Å². The van der Waals surface area contributed by atoms with Gasteiger partial charge in [-0.15, -0.1) is 0 Å². The van der Waals surface area contributed by atoms with Crippen LogP contribution in [0.4, 0.5) is 0 Å². The highest BCUT2D eigenvalue weighted by atomic mass is 16.5. The molecule has 2 atom stereocenters. The molecular formula is C12H16N2O. The van der Waals surface area contributed by atoms with Crippen molar-refractivity contribution in [2.75, 3.05) is 0 Å². The van der Waals surface area contributed by atoms with Gasteiger partial charge in [0, 0.05) is 11.6 Å². The van der Waals surface area contributed by atoms with Crippen LogP contribution in [0.15, 0.2) is 24.3 Å². The van der Waals surface area contributed by atoms with Gasteiger partial charge in [0.05, 0.1) is 0 Å². The molecule has 0 spiro atoms. The van der Waals surface area contributed by atoms with Crippen molar-refractivity contribution in [3.05, 3.63) is 29.8 Å². The molecule has 0 aliphatic carbocycles. The van der Waals surface area contributed by atoms with Crippen LogP contribution in [-0.4, -0.2) is 6.10 Å². The first-order valence-corrected chi connectivity index (χ1v) is 5.09. The molecule has 3 heteroatoms. The molecule has 0 aromatic heterocycles. The quantitative estimate of drug-likeness (QED) is 0.819. The highest BCUT2D eigenvalue weighted by Gasteiger charge is 2.11. The molecule has 80 valence electrons. The molecule has 0 bridgehead atoms. The number of nitrogens with two attached hydrogens (primary N) is 1. The van der Waals surface area contributed by atoms with Gasteiger partial charge in [-0.05, 0) is 19.4 Å². The van der Waals surface area contributed by atoms with E-state index in [9.17, 15) is 0 Å². The van der Waals surface area contributed by atoms with Gasteiger partial charge in [0.15, 0.2) is 6.10 Å². The maximum atomic E-state index is 8.81. The number of nitriles is 1. The van der Waals surface area contributed by atoms with Crippen LogP contribution in [0.5, 0.6) is 5.75 Å². The Kier molecular flexibility index (Phi) is 4.14. The van der Waals surface area contributed by atoms with Gasteiger partial charge in [0.1, 0.15) is 11.8 Å². The van der Waals surface area contributed by atoms with E-state index in [1.165, 1.54) is 0 Å². The van der Waals surface area contributed by atoms with Crippen LogP contribution in [0.25, 0.3) is 0 Å². The lowest BCUT2D eigenvalue weighted by molar-refractivity contribution is 0.248. The minimum atomic E-state index is -0.398. The average Bonchev–Trinajstić information content (AvgIpc) is 2.26. The lowest BCUT2D eigenvalue weighted by atomic mass is 10.1. The maximum Gasteiger partial charge on any atom is 0.184 e. The van der Waals surface area contributed by atoms with E-state index in [1.807, 2.05) is 38.1 Å². The fourth-order valence-corrected chi connectivity index (χ4v) is 1.32. The Morgan fingerprint density at radius 3 is 2.67 bits per heavy atom. The summed E-state index contributed by atoms with van der Waals surface area (Å²) in [5, 5.41) is 8.81. The van der Waals surface area contributed by atoms with Gasteiger partial charge in [-0.1, -0.05) is 25.1 Å². The minimum Gasteiger partial charge on any atom is -0.475 e. The molecule has 1 rings (SSSR count). The number of para-hydroxylation sites is 1. The number of hydrogen-bond donors (Lipinski definition) is 1. The van der Waals surface area contributed by atoms with E-state index in [0.717, 1.165) is 5.56 Å². The van der Waals surface area contributed by atoms with Crippen molar-refractivity contribution in [2.45, 2.75) is 32.4 Å². The molecule has 1 aromatic rings. The fraction of sp³-hybridized carbons (Fsp3) is 0.417. The highest BCUT2D eigenvalue weighted by Crippen LogP contribution is 2.24. The van der Waals surface area contributed by atoms with Crippen molar-refractivity contribution in [3.8, 4) is 11.8 Å². The van der Waals surface area contributed by atoms with Gasteiger partial charge in [-0.2, -0.15) is 5.26 Å². The summed E-state index contributed by atoms with van der Waals surface area (Å²) < 4.78 is 5.56. The van der Waals surface area contributed by atoms with Crippen LogP contribution in [0.1, 0.15) is 31.9 Å². The lowest BCUT2D eigenvalue weighted by Gasteiger charge is -2.16. The summed E-state index contributed by atoms with van der Waals surface area (Å²) in [7, 11) is 0. The van der Waals surface area contributed by atoms with Crippen LogP contribution in [0, 0.1) is 11.3 Å². The third-order valence-electron chi connectivity index (χ3n) is 2.19. The first-order chi connectivity index (χ1) is 7.19. The Bertz CT molecular complexity index is 355. The van der Waals surface area contributed by atoms with E-state index in [-0.39, 0.29) is 6.04 Å². The zero-order chi connectivity index (χ0) is 11.3. The van der Waals surface area contributed by atoms with Crippen molar-refractivity contribution in [2.24, 2.45) is 5.73 Å². The van der Waals surface area contributed by atoms with Crippen LogP contribution >= 0.6 is 0 Å². The number of ether oxygens (including phenoxy) is 1. The second kappa shape index (κ2) is 5.38. The largest absolute Gasteiger partial charge is 0.475 e. The zero-order valence-electron chi connectivity index (χ0n) is 9.10. The lowest BCUT2D eigenvalue weighted by Crippen LogP contribution is -2.15. The Balaban J connectivity index is 2.89. The Hall–Kier alpha value is -1.53. The van der Waals surface area contributed by atoms with Crippen molar-refractivity contribution in [3.63, 3.8) is 0 Å². The third-order valence-corrected chi connectivity index (χ3v) is 2.19. The summed E-state index contributed by atoms with van der Waals surface area (Å²) in [6.45, 7) is 3.82. The van der Waals surface area contributed by atoms with E-state index in [1.54, 1.807) is 0 Å². The second-order valence-corrected chi connectivity index (χ2v) is 3.47. The van der Waals surface area contributed by atoms with Crippen molar-refractivity contribution < 1.29 is 4.74 Å². The molecule has 2 N–H and O–H groups in total. The molecule has 0 radical (unpaired) electrons. The summed E-state index contributed by atoms with van der Waals surface area (Å²) >= 11 is 0. The molecule has 0 fully saturated rings. The Morgan fingerprint density at radius 1 is 1.47 bits per heavy atom. The van der Waals surface area contributed by atoms with Crippen molar-refractivity contribution in [1.82, 2.24) is 0 Å². The molecular weight excluding hydrogens is 188 g/mol. The van der Waals surface area contributed by atoms with Crippen LogP contribution in [0.2, 0.25) is 0 Å². The normalized spacial score (nSPS) is 14.0. The van der Waals surface area contributed by atoms with Crippen molar-refractivity contribution >= 4 is 0 Å². The molecule has 2 unspecified atom stereocenters. The van der Waals surface area contributed by atoms with E-state index in [2.05, 4.69) is 6.07 Å². The van der Waals surface area contributed by atoms with E-state index in [0.29, 0.717) is 12.2 Å². The fourth-order valence-electron chi connectivity index (χ4n) is 1.32. The van der Waals surface area contributed by atoms with Gasteiger partial charge in [0.25, 0.3) is 0 Å². The van der Waals surface area contributed by atoms with Crippen LogP contribution in [-0.2, 0) is 0 Å². The second-order valence-electron chi connectivity index (χ2n) is 3.47. The molecule has 0 aliphatic heterocycles. The summed E-state index contributed by atoms with van der Waals surface area (Å²) in [6.07, 6.45) is 0.272. The van der Waals surface area contributed by atoms with Gasteiger partial charge >= 0.3 is 0 Å². The smallest absolute Gasteiger partial charge is 0.184 e. The summed E-state index contributed by atoms with van der Waals surface area (Å²) in [4.78, 5) is 0. The SMILES string of the molecule is CCC(C#N)Oc1ccccc1C(C)N. The van der Waals surface area contributed by atoms with Crippen LogP contribution in [0.3, 0.4) is 0 Å². The first kappa shape index (κ1) is 11.5. The third kappa shape index (κ3) is 2.97. The molecule has 15 heavy (non-hydrogen) atoms. The highest BCUT2D eigenvalue weighted by molar-refractivity contribution is 5.35. The molecule has 0 saturated heterocycles. The first-order valence-electron chi connectivity index (χ1n) is 5.09. The molecule has 1 aromatic carbocycles. The number of rotatable bonds is 4. The van der Waals surface area contributed by atoms with Gasteiger partial charge < -0.3 is 10.5 Å². The zero-order valence-corrected chi connectivity index (χ0v) is 9.10. The van der Waals surface area contributed by atoms with E-state index < -0.39 is 6.10 Å². The minimum absolute atomic E-state index is 0.0857. The maximum absolute atomic E-state index is 8.81. The molecule has 0 amide bonds. The predicted molar refractivity (Wildman–Crippen MR) is 59.4 cm³/mol. The predicted octanol–water partition coefficient (Wildman–Crippen LogP) is 2.39. The monoisotopic (exact) mass is 204 g/mol. The Morgan fingerprint density at radius 2 is 2.13 bits per heavy atom. The number of hydrogen-bond acceptors (Lipinski definition) is 3. The van der Waals surface area contributed by atoms with Gasteiger partial charge in [-0.3, -0.25) is 0 Å². The molecule has 3 nitrogen and oxygen atoms in total. The number of benzene rings is 1. The van der Waals surface area contributed by atoms with Gasteiger partial charge in [0.2, 0.25) is 0 Å². The van der Waals surface area contributed by atoms with Gasteiger partial charge in [-0.25, -0.2) is 0 Å². The Labute approximate surface area is 90.5 Å². The molecule has 0 aliphatic rings. The van der Waals surface area contributed by atoms with Crippen molar-refractivity contribution in [1.29, 1.82) is 5.26 Å². The average molecular weight is 204 g/mol. The number of nitrogens with zero attached hydrogens (tertiary/aromatic N) is 1. The standard InChI is InChI=1S/C12H16N2O/c1-3-10(8-13)15-12-7-5-4-6-11(12)9(2)14/h4-7,9-10H,3,14H2,1-2H3.